The molecule has 0 N–H and O–H groups in total. The number of aryl methyl sites for hydroxylation is 1. The van der Waals surface area contributed by atoms with Crippen LogP contribution in [0.25, 0.3) is 22.4 Å². The van der Waals surface area contributed by atoms with Gasteiger partial charge in [0, 0.05) is 24.6 Å². The summed E-state index contributed by atoms with van der Waals surface area (Å²) in [5, 5.41) is 0. The van der Waals surface area contributed by atoms with E-state index in [0.717, 1.165) is 72.7 Å². The van der Waals surface area contributed by atoms with Gasteiger partial charge in [0.25, 0.3) is 0 Å². The minimum Gasteiger partial charge on any atom is -0.497 e. The summed E-state index contributed by atoms with van der Waals surface area (Å²) in [5.41, 5.74) is 3.15. The number of aromatic nitrogens is 2. The number of nitrogens with zero attached hydrogens (tertiary/aromatic N) is 3. The van der Waals surface area contributed by atoms with Crippen molar-refractivity contribution in [2.45, 2.75) is 51.5 Å². The van der Waals surface area contributed by atoms with Gasteiger partial charge in [0.1, 0.15) is 17.3 Å². The Hall–Kier alpha value is -3.06. The van der Waals surface area contributed by atoms with Crippen LogP contribution in [0.5, 0.6) is 11.5 Å². The van der Waals surface area contributed by atoms with Crippen LogP contribution in [0.15, 0.2) is 42.5 Å². The first-order valence-electron chi connectivity index (χ1n) is 12.7. The van der Waals surface area contributed by atoms with E-state index in [1.807, 2.05) is 24.3 Å². The second-order valence-corrected chi connectivity index (χ2v) is 9.10. The summed E-state index contributed by atoms with van der Waals surface area (Å²) in [6.45, 7) is 5.08. The molecule has 7 heteroatoms. The zero-order chi connectivity index (χ0) is 24.5. The molecular formula is C28H37N3O4. The van der Waals surface area contributed by atoms with Gasteiger partial charge >= 0.3 is 5.97 Å². The lowest BCUT2D eigenvalue weighted by Crippen LogP contribution is -2.21. The first kappa shape index (κ1) is 25.0. The van der Waals surface area contributed by atoms with E-state index in [1.54, 1.807) is 7.11 Å². The first-order chi connectivity index (χ1) is 17.2. The van der Waals surface area contributed by atoms with Crippen LogP contribution in [-0.4, -0.2) is 60.9 Å². The van der Waals surface area contributed by atoms with Gasteiger partial charge < -0.3 is 23.7 Å². The molecule has 1 aliphatic rings. The fourth-order valence-electron chi connectivity index (χ4n) is 4.68. The molecule has 4 rings (SSSR count). The summed E-state index contributed by atoms with van der Waals surface area (Å²) in [7, 11) is 3.11. The van der Waals surface area contributed by atoms with Gasteiger partial charge in [0.15, 0.2) is 0 Å². The van der Waals surface area contributed by atoms with Gasteiger partial charge in [-0.3, -0.25) is 4.79 Å². The molecule has 0 bridgehead atoms. The van der Waals surface area contributed by atoms with Crippen molar-refractivity contribution in [2.24, 2.45) is 0 Å². The normalized spacial score (nSPS) is 13.9. The molecule has 1 fully saturated rings. The van der Waals surface area contributed by atoms with Crippen LogP contribution in [0.4, 0.5) is 0 Å². The first-order valence-corrected chi connectivity index (χ1v) is 12.7. The minimum absolute atomic E-state index is 0.151. The van der Waals surface area contributed by atoms with Gasteiger partial charge in [0.05, 0.1) is 31.9 Å². The smallest absolute Gasteiger partial charge is 0.305 e. The summed E-state index contributed by atoms with van der Waals surface area (Å²) in [5.74, 6) is 2.52. The predicted octanol–water partition coefficient (Wildman–Crippen LogP) is 5.31. The van der Waals surface area contributed by atoms with Crippen molar-refractivity contribution >= 4 is 17.0 Å². The minimum atomic E-state index is -0.151. The third kappa shape index (κ3) is 6.75. The molecule has 0 aliphatic carbocycles. The molecule has 1 aromatic heterocycles. The van der Waals surface area contributed by atoms with E-state index in [9.17, 15) is 4.79 Å². The second kappa shape index (κ2) is 12.6. The summed E-state index contributed by atoms with van der Waals surface area (Å²) < 4.78 is 18.4. The van der Waals surface area contributed by atoms with Crippen molar-refractivity contribution in [3.05, 3.63) is 42.5 Å². The number of unbranched alkanes of at least 4 members (excludes halogenated alkanes) is 2. The van der Waals surface area contributed by atoms with Crippen molar-refractivity contribution < 1.29 is 19.0 Å². The van der Waals surface area contributed by atoms with Crippen LogP contribution < -0.4 is 9.47 Å². The number of carbonyl (C=O) groups excluding carboxylic acids is 1. The number of hydrogen-bond acceptors (Lipinski definition) is 6. The molecule has 0 radical (unpaired) electrons. The van der Waals surface area contributed by atoms with Gasteiger partial charge in [-0.25, -0.2) is 4.98 Å². The lowest BCUT2D eigenvalue weighted by Gasteiger charge is -2.16. The molecular weight excluding hydrogens is 442 g/mol. The fourth-order valence-corrected chi connectivity index (χ4v) is 4.68. The molecule has 2 heterocycles. The topological polar surface area (TPSA) is 65.8 Å². The Morgan fingerprint density at radius 3 is 2.43 bits per heavy atom. The summed E-state index contributed by atoms with van der Waals surface area (Å²) in [6, 6.07) is 14.3. The Morgan fingerprint density at radius 1 is 0.914 bits per heavy atom. The Morgan fingerprint density at radius 2 is 1.69 bits per heavy atom. The van der Waals surface area contributed by atoms with E-state index in [1.165, 1.54) is 33.0 Å². The fraction of sp³-hybridized carbons (Fsp3) is 0.500. The van der Waals surface area contributed by atoms with Crippen molar-refractivity contribution in [1.29, 1.82) is 0 Å². The van der Waals surface area contributed by atoms with Crippen molar-refractivity contribution in [1.82, 2.24) is 14.5 Å². The molecule has 2 aromatic carbocycles. The molecule has 0 unspecified atom stereocenters. The van der Waals surface area contributed by atoms with Crippen molar-refractivity contribution in [2.75, 3.05) is 40.5 Å². The number of rotatable bonds is 13. The zero-order valence-electron chi connectivity index (χ0n) is 21.0. The van der Waals surface area contributed by atoms with Crippen LogP contribution in [0, 0.1) is 0 Å². The third-order valence-electron chi connectivity index (χ3n) is 6.64. The molecule has 0 amide bonds. The van der Waals surface area contributed by atoms with Gasteiger partial charge in [-0.2, -0.15) is 0 Å². The van der Waals surface area contributed by atoms with Crippen LogP contribution in [0.2, 0.25) is 0 Å². The SMILES string of the molecule is COC(=O)CCCCCOc1ccc2nc(-c3ccc(OC)cc3)n(CCCN3CCCC3)c2c1. The van der Waals surface area contributed by atoms with Crippen molar-refractivity contribution in [3.8, 4) is 22.9 Å². The number of fused-ring (bicyclic) bond motifs is 1. The molecule has 0 atom stereocenters. The molecule has 1 saturated heterocycles. The monoisotopic (exact) mass is 479 g/mol. The maximum atomic E-state index is 11.2. The Balaban J connectivity index is 1.47. The summed E-state index contributed by atoms with van der Waals surface area (Å²) in [6.07, 6.45) is 6.84. The molecule has 7 nitrogen and oxygen atoms in total. The third-order valence-corrected chi connectivity index (χ3v) is 6.64. The maximum Gasteiger partial charge on any atom is 0.305 e. The van der Waals surface area contributed by atoms with Gasteiger partial charge in [0.2, 0.25) is 0 Å². The average Bonchev–Trinajstić information content (AvgIpc) is 3.54. The van der Waals surface area contributed by atoms with Crippen LogP contribution in [-0.2, 0) is 16.1 Å². The number of carbonyl (C=O) groups is 1. The van der Waals surface area contributed by atoms with Gasteiger partial charge in [-0.05, 0) is 94.6 Å². The summed E-state index contributed by atoms with van der Waals surface area (Å²) >= 11 is 0. The van der Waals surface area contributed by atoms with Gasteiger partial charge in [-0.15, -0.1) is 0 Å². The standard InChI is InChI=1S/C28H37N3O4/c1-33-23-12-10-22(11-13-23)28-29-25-15-14-24(35-20-7-3-4-9-27(32)34-2)21-26(25)31(28)19-8-18-30-16-5-6-17-30/h10-15,21H,3-9,16-20H2,1-2H3. The highest BCUT2D eigenvalue weighted by molar-refractivity contribution is 5.82. The van der Waals surface area contributed by atoms with E-state index in [0.29, 0.717) is 13.0 Å². The van der Waals surface area contributed by atoms with Gasteiger partial charge in [-0.1, -0.05) is 0 Å². The quantitative estimate of drug-likeness (QED) is 0.245. The number of benzene rings is 2. The molecule has 35 heavy (non-hydrogen) atoms. The predicted molar refractivity (Wildman–Crippen MR) is 138 cm³/mol. The average molecular weight is 480 g/mol. The highest BCUT2D eigenvalue weighted by atomic mass is 16.5. The highest BCUT2D eigenvalue weighted by Crippen LogP contribution is 2.29. The molecule has 0 saturated carbocycles. The van der Waals surface area contributed by atoms with E-state index in [-0.39, 0.29) is 5.97 Å². The number of likely N-dealkylation sites (tertiary alicyclic amines) is 1. The Kier molecular flexibility index (Phi) is 9.01. The van der Waals surface area contributed by atoms with Crippen molar-refractivity contribution in [3.63, 3.8) is 0 Å². The number of imidazole rings is 1. The van der Waals surface area contributed by atoms with E-state index >= 15 is 0 Å². The zero-order valence-corrected chi connectivity index (χ0v) is 21.0. The second-order valence-electron chi connectivity index (χ2n) is 9.10. The lowest BCUT2D eigenvalue weighted by molar-refractivity contribution is -0.140. The lowest BCUT2D eigenvalue weighted by atomic mass is 10.2. The van der Waals surface area contributed by atoms with Crippen LogP contribution >= 0.6 is 0 Å². The highest BCUT2D eigenvalue weighted by Gasteiger charge is 2.16. The number of esters is 1. The Labute approximate surface area is 208 Å². The number of methoxy groups -OCH3 is 2. The molecule has 1 aliphatic heterocycles. The Bertz CT molecular complexity index is 1090. The molecule has 188 valence electrons. The van der Waals surface area contributed by atoms with Crippen LogP contribution in [0.1, 0.15) is 44.9 Å². The van der Waals surface area contributed by atoms with E-state index in [2.05, 4.69) is 27.7 Å². The molecule has 0 spiro atoms. The number of ether oxygens (including phenoxy) is 3. The molecule has 3 aromatic rings. The summed E-state index contributed by atoms with van der Waals surface area (Å²) in [4.78, 5) is 18.8. The van der Waals surface area contributed by atoms with E-state index in [4.69, 9.17) is 19.2 Å². The largest absolute Gasteiger partial charge is 0.497 e. The maximum absolute atomic E-state index is 11.2. The number of hydrogen-bond donors (Lipinski definition) is 0. The van der Waals surface area contributed by atoms with E-state index < -0.39 is 0 Å². The van der Waals surface area contributed by atoms with Crippen LogP contribution in [0.3, 0.4) is 0 Å².